The highest BCUT2D eigenvalue weighted by Crippen LogP contribution is 2.29. The Kier molecular flexibility index (Phi) is 5.39. The molecule has 134 valence electrons. The fourth-order valence-electron chi connectivity index (χ4n) is 2.67. The van der Waals surface area contributed by atoms with Crippen LogP contribution in [-0.4, -0.2) is 21.9 Å². The number of carbonyl (C=O) groups is 1. The quantitative estimate of drug-likeness (QED) is 0.649. The Labute approximate surface area is 160 Å². The minimum Gasteiger partial charge on any atom is -0.354 e. The summed E-state index contributed by atoms with van der Waals surface area (Å²) in [7, 11) is 0. The van der Waals surface area contributed by atoms with Crippen LogP contribution in [0.3, 0.4) is 0 Å². The molecule has 2 aromatic heterocycles. The van der Waals surface area contributed by atoms with Gasteiger partial charge in [0.15, 0.2) is 0 Å². The van der Waals surface area contributed by atoms with Gasteiger partial charge >= 0.3 is 0 Å². The Bertz CT molecular complexity index is 992. The van der Waals surface area contributed by atoms with E-state index in [0.717, 1.165) is 5.39 Å². The third kappa shape index (κ3) is 4.11. The van der Waals surface area contributed by atoms with Gasteiger partial charge in [0, 0.05) is 17.0 Å². The monoisotopic (exact) mass is 391 g/mol. The number of benzene rings is 1. The zero-order valence-corrected chi connectivity index (χ0v) is 15.7. The average Bonchev–Trinajstić information content (AvgIpc) is 2.56. The average molecular weight is 392 g/mol. The largest absolute Gasteiger partial charge is 0.354 e. The van der Waals surface area contributed by atoms with Crippen LogP contribution < -0.4 is 5.32 Å². The molecule has 7 heteroatoms. The number of nitrogens with zero attached hydrogens (tertiary/aromatic N) is 2. The molecule has 1 aromatic carbocycles. The van der Waals surface area contributed by atoms with Crippen molar-refractivity contribution in [3.05, 3.63) is 58.1 Å². The summed E-state index contributed by atoms with van der Waals surface area (Å²) in [6.07, 6.45) is 1.69. The van der Waals surface area contributed by atoms with Crippen LogP contribution >= 0.6 is 23.2 Å². The van der Waals surface area contributed by atoms with Gasteiger partial charge in [-0.25, -0.2) is 14.4 Å². The SMILES string of the molecule is CC(C)NC(=O)Cc1cc2cc(Cl)ncc2nc1-c1ccc(F)c(Cl)c1. The molecule has 4 nitrogen and oxygen atoms in total. The summed E-state index contributed by atoms with van der Waals surface area (Å²) in [4.78, 5) is 20.9. The van der Waals surface area contributed by atoms with Crippen molar-refractivity contribution in [1.29, 1.82) is 0 Å². The molecule has 0 saturated heterocycles. The fourth-order valence-corrected chi connectivity index (χ4v) is 3.02. The van der Waals surface area contributed by atoms with Gasteiger partial charge in [-0.2, -0.15) is 0 Å². The lowest BCUT2D eigenvalue weighted by Crippen LogP contribution is -2.31. The Morgan fingerprint density at radius 1 is 1.23 bits per heavy atom. The molecule has 2 heterocycles. The van der Waals surface area contributed by atoms with Gasteiger partial charge in [0.25, 0.3) is 0 Å². The van der Waals surface area contributed by atoms with Crippen LogP contribution in [0.5, 0.6) is 0 Å². The van der Waals surface area contributed by atoms with E-state index in [2.05, 4.69) is 15.3 Å². The van der Waals surface area contributed by atoms with Crippen LogP contribution in [0.15, 0.2) is 36.5 Å². The first-order chi connectivity index (χ1) is 12.3. The summed E-state index contributed by atoms with van der Waals surface area (Å²) in [6, 6.07) is 7.93. The van der Waals surface area contributed by atoms with Gasteiger partial charge in [-0.1, -0.05) is 23.2 Å². The van der Waals surface area contributed by atoms with E-state index in [1.807, 2.05) is 19.9 Å². The molecule has 0 fully saturated rings. The third-order valence-corrected chi connectivity index (χ3v) is 4.24. The van der Waals surface area contributed by atoms with Crippen molar-refractivity contribution in [2.24, 2.45) is 0 Å². The molecule has 0 aliphatic carbocycles. The molecule has 0 atom stereocenters. The molecule has 1 amide bonds. The highest BCUT2D eigenvalue weighted by Gasteiger charge is 2.15. The molecule has 0 bridgehead atoms. The molecule has 0 unspecified atom stereocenters. The topological polar surface area (TPSA) is 54.9 Å². The standard InChI is InChI=1S/C19H16Cl2FN3O/c1-10(2)24-18(26)8-13-5-12-7-17(21)23-9-16(12)25-19(13)11-3-4-15(22)14(20)6-11/h3-7,9-10H,8H2,1-2H3,(H,24,26). The predicted octanol–water partition coefficient (Wildman–Crippen LogP) is 4.81. The Morgan fingerprint density at radius 3 is 2.69 bits per heavy atom. The molecular formula is C19H16Cl2FN3O. The predicted molar refractivity (Wildman–Crippen MR) is 102 cm³/mol. The Balaban J connectivity index is 2.14. The van der Waals surface area contributed by atoms with Crippen molar-refractivity contribution in [3.8, 4) is 11.3 Å². The van der Waals surface area contributed by atoms with E-state index in [-0.39, 0.29) is 23.4 Å². The summed E-state index contributed by atoms with van der Waals surface area (Å²) in [5.41, 5.74) is 2.50. The maximum Gasteiger partial charge on any atom is 0.224 e. The number of nitrogens with one attached hydrogen (secondary N) is 1. The van der Waals surface area contributed by atoms with Crippen LogP contribution in [0.1, 0.15) is 19.4 Å². The number of rotatable bonds is 4. The first-order valence-corrected chi connectivity index (χ1v) is 8.79. The summed E-state index contributed by atoms with van der Waals surface area (Å²) in [5, 5.41) is 3.97. The van der Waals surface area contributed by atoms with Crippen LogP contribution in [0.2, 0.25) is 10.2 Å². The summed E-state index contributed by atoms with van der Waals surface area (Å²) in [5.74, 6) is -0.639. The molecule has 3 rings (SSSR count). The first kappa shape index (κ1) is 18.5. The number of carbonyl (C=O) groups excluding carboxylic acids is 1. The zero-order chi connectivity index (χ0) is 18.8. The van der Waals surface area contributed by atoms with Crippen LogP contribution in [0, 0.1) is 5.82 Å². The van der Waals surface area contributed by atoms with Crippen molar-refractivity contribution in [1.82, 2.24) is 15.3 Å². The summed E-state index contributed by atoms with van der Waals surface area (Å²) < 4.78 is 13.5. The van der Waals surface area contributed by atoms with E-state index in [1.165, 1.54) is 12.1 Å². The second kappa shape index (κ2) is 7.56. The van der Waals surface area contributed by atoms with Gasteiger partial charge in [-0.05, 0) is 49.7 Å². The van der Waals surface area contributed by atoms with E-state index >= 15 is 0 Å². The van der Waals surface area contributed by atoms with E-state index in [0.29, 0.717) is 27.5 Å². The molecule has 0 aliphatic heterocycles. The van der Waals surface area contributed by atoms with E-state index in [9.17, 15) is 9.18 Å². The van der Waals surface area contributed by atoms with Crippen molar-refractivity contribution in [2.45, 2.75) is 26.3 Å². The number of pyridine rings is 2. The maximum atomic E-state index is 13.5. The smallest absolute Gasteiger partial charge is 0.224 e. The molecule has 0 saturated carbocycles. The van der Waals surface area contributed by atoms with Crippen molar-refractivity contribution < 1.29 is 9.18 Å². The molecule has 3 aromatic rings. The van der Waals surface area contributed by atoms with E-state index in [1.54, 1.807) is 18.3 Å². The lowest BCUT2D eigenvalue weighted by atomic mass is 10.0. The van der Waals surface area contributed by atoms with E-state index in [4.69, 9.17) is 23.2 Å². The zero-order valence-electron chi connectivity index (χ0n) is 14.2. The van der Waals surface area contributed by atoms with Gasteiger partial charge in [0.1, 0.15) is 11.0 Å². The van der Waals surface area contributed by atoms with Gasteiger partial charge < -0.3 is 5.32 Å². The van der Waals surface area contributed by atoms with E-state index < -0.39 is 5.82 Å². The number of aromatic nitrogens is 2. The van der Waals surface area contributed by atoms with Crippen LogP contribution in [-0.2, 0) is 11.2 Å². The molecule has 26 heavy (non-hydrogen) atoms. The van der Waals surface area contributed by atoms with Crippen LogP contribution in [0.4, 0.5) is 4.39 Å². The second-order valence-corrected chi connectivity index (χ2v) is 7.02. The highest BCUT2D eigenvalue weighted by molar-refractivity contribution is 6.31. The number of hydrogen-bond acceptors (Lipinski definition) is 3. The lowest BCUT2D eigenvalue weighted by molar-refractivity contribution is -0.120. The third-order valence-electron chi connectivity index (χ3n) is 3.74. The lowest BCUT2D eigenvalue weighted by Gasteiger charge is -2.13. The van der Waals surface area contributed by atoms with Crippen molar-refractivity contribution in [3.63, 3.8) is 0 Å². The number of amides is 1. The minimum atomic E-state index is -0.510. The number of fused-ring (bicyclic) bond motifs is 1. The molecule has 0 spiro atoms. The molecule has 0 radical (unpaired) electrons. The van der Waals surface area contributed by atoms with Gasteiger partial charge in [-0.15, -0.1) is 0 Å². The highest BCUT2D eigenvalue weighted by atomic mass is 35.5. The van der Waals surface area contributed by atoms with Gasteiger partial charge in [0.2, 0.25) is 5.91 Å². The Morgan fingerprint density at radius 2 is 2.00 bits per heavy atom. The molecular weight excluding hydrogens is 376 g/mol. The minimum absolute atomic E-state index is 0.00351. The summed E-state index contributed by atoms with van der Waals surface area (Å²) in [6.45, 7) is 3.78. The van der Waals surface area contributed by atoms with Gasteiger partial charge in [0.05, 0.1) is 28.9 Å². The van der Waals surface area contributed by atoms with Crippen LogP contribution in [0.25, 0.3) is 22.2 Å². The second-order valence-electron chi connectivity index (χ2n) is 6.22. The van der Waals surface area contributed by atoms with Crippen molar-refractivity contribution >= 4 is 40.0 Å². The maximum absolute atomic E-state index is 13.5. The summed E-state index contributed by atoms with van der Waals surface area (Å²) >= 11 is 11.9. The number of halogens is 3. The number of hydrogen-bond donors (Lipinski definition) is 1. The van der Waals surface area contributed by atoms with Crippen molar-refractivity contribution in [2.75, 3.05) is 0 Å². The first-order valence-electron chi connectivity index (χ1n) is 8.03. The van der Waals surface area contributed by atoms with Gasteiger partial charge in [-0.3, -0.25) is 4.79 Å². The molecule has 0 aliphatic rings. The molecule has 1 N–H and O–H groups in total. The Hall–Kier alpha value is -2.24. The normalized spacial score (nSPS) is 11.2. The fraction of sp³-hybridized carbons (Fsp3) is 0.211.